The van der Waals surface area contributed by atoms with E-state index in [1.54, 1.807) is 0 Å². The van der Waals surface area contributed by atoms with Gasteiger partial charge in [0.2, 0.25) is 5.69 Å². The summed E-state index contributed by atoms with van der Waals surface area (Å²) in [5, 5.41) is 1.86. The lowest BCUT2D eigenvalue weighted by atomic mass is 9.96. The van der Waals surface area contributed by atoms with E-state index in [1.807, 2.05) is 82.4 Å². The fourth-order valence-electron chi connectivity index (χ4n) is 4.69. The van der Waals surface area contributed by atoms with Gasteiger partial charge >= 0.3 is 0 Å². The zero-order valence-corrected chi connectivity index (χ0v) is 20.2. The van der Waals surface area contributed by atoms with Gasteiger partial charge in [-0.2, -0.15) is 4.57 Å². The maximum absolute atomic E-state index is 8.71. The van der Waals surface area contributed by atoms with Gasteiger partial charge in [0.1, 0.15) is 18.2 Å². The van der Waals surface area contributed by atoms with Gasteiger partial charge in [-0.15, -0.1) is 0 Å². The van der Waals surface area contributed by atoms with Crippen LogP contribution in [0.3, 0.4) is 0 Å². The summed E-state index contributed by atoms with van der Waals surface area (Å²) in [4.78, 5) is 3.82. The molecule has 3 heteroatoms. The molecular formula is C31H29N2O+. The normalized spacial score (nSPS) is 12.7. The fourth-order valence-corrected chi connectivity index (χ4v) is 4.69. The van der Waals surface area contributed by atoms with Crippen molar-refractivity contribution >= 4 is 27.6 Å². The third-order valence-corrected chi connectivity index (χ3v) is 6.43. The standard InChI is InChI=1S/C31H29N2O/c1-19(2)14-22-15-21(4)33(6)28(16-22)30-20(3)12-13-24-26-17-27(32-5)25(18-29(26)34-31(24)30)23-10-8-7-9-11-23/h7-13,15-19H,14H2,1-4,6H3/q+1/i14D2. The van der Waals surface area contributed by atoms with Gasteiger partial charge in [0.25, 0.3) is 0 Å². The zero-order valence-electron chi connectivity index (χ0n) is 22.2. The number of aromatic nitrogens is 1. The van der Waals surface area contributed by atoms with E-state index in [1.165, 1.54) is 0 Å². The van der Waals surface area contributed by atoms with Crippen molar-refractivity contribution < 1.29 is 11.7 Å². The molecule has 168 valence electrons. The minimum atomic E-state index is -1.46. The van der Waals surface area contributed by atoms with Gasteiger partial charge in [-0.1, -0.05) is 56.3 Å². The highest BCUT2D eigenvalue weighted by Crippen LogP contribution is 2.42. The molecule has 0 unspecified atom stereocenters. The molecule has 2 heterocycles. The van der Waals surface area contributed by atoms with Crippen molar-refractivity contribution in [2.75, 3.05) is 0 Å². The SMILES string of the molecule is [2H]C([2H])(c1cc(C)[n+](C)c(-c2c(C)ccc3c2oc2cc(-c4ccccc4)c([N+]#[C-])cc23)c1)C(C)C. The summed E-state index contributed by atoms with van der Waals surface area (Å²) in [6.07, 6.45) is -1.46. The van der Waals surface area contributed by atoms with E-state index in [-0.39, 0.29) is 5.92 Å². The van der Waals surface area contributed by atoms with Crippen molar-refractivity contribution in [2.24, 2.45) is 13.0 Å². The molecule has 3 aromatic carbocycles. The number of benzene rings is 3. The van der Waals surface area contributed by atoms with Gasteiger partial charge in [-0.25, -0.2) is 4.85 Å². The van der Waals surface area contributed by atoms with Gasteiger partial charge in [-0.05, 0) is 53.6 Å². The lowest BCUT2D eigenvalue weighted by Crippen LogP contribution is -2.35. The van der Waals surface area contributed by atoms with E-state index in [9.17, 15) is 0 Å². The molecular weight excluding hydrogens is 416 g/mol. The first kappa shape index (κ1) is 19.6. The molecule has 0 aliphatic carbocycles. The first-order valence-corrected chi connectivity index (χ1v) is 11.6. The number of rotatable bonds is 4. The lowest BCUT2D eigenvalue weighted by Gasteiger charge is -2.11. The van der Waals surface area contributed by atoms with Gasteiger partial charge in [-0.3, -0.25) is 0 Å². The molecule has 0 aliphatic rings. The van der Waals surface area contributed by atoms with Crippen LogP contribution in [-0.2, 0) is 13.4 Å². The number of fused-ring (bicyclic) bond motifs is 3. The molecule has 0 amide bonds. The maximum atomic E-state index is 8.71. The summed E-state index contributed by atoms with van der Waals surface area (Å²) in [7, 11) is 2.00. The average molecular weight is 448 g/mol. The van der Waals surface area contributed by atoms with Crippen LogP contribution in [0.4, 0.5) is 5.69 Å². The quantitative estimate of drug-likeness (QED) is 0.201. The lowest BCUT2D eigenvalue weighted by molar-refractivity contribution is -0.666. The van der Waals surface area contributed by atoms with Crippen LogP contribution in [0.1, 0.15) is 33.4 Å². The van der Waals surface area contributed by atoms with Gasteiger partial charge < -0.3 is 4.42 Å². The van der Waals surface area contributed by atoms with Gasteiger partial charge in [0.15, 0.2) is 11.4 Å². The average Bonchev–Trinajstić information content (AvgIpc) is 3.22. The molecule has 0 spiro atoms. The van der Waals surface area contributed by atoms with E-state index >= 15 is 0 Å². The predicted molar refractivity (Wildman–Crippen MR) is 140 cm³/mol. The minimum Gasteiger partial charge on any atom is -0.455 e. The summed E-state index contributed by atoms with van der Waals surface area (Å²) in [6.45, 7) is 15.7. The van der Waals surface area contributed by atoms with Crippen molar-refractivity contribution in [3.8, 4) is 22.4 Å². The zero-order chi connectivity index (χ0) is 25.8. The van der Waals surface area contributed by atoms with Crippen molar-refractivity contribution in [1.29, 1.82) is 0 Å². The minimum absolute atomic E-state index is 0.163. The third kappa shape index (κ3) is 3.66. The Kier molecular flexibility index (Phi) is 4.87. The number of aryl methyl sites for hydroxylation is 2. The van der Waals surface area contributed by atoms with Crippen LogP contribution >= 0.6 is 0 Å². The smallest absolute Gasteiger partial charge is 0.216 e. The second kappa shape index (κ2) is 8.47. The number of nitrogens with zero attached hydrogens (tertiary/aromatic N) is 2. The van der Waals surface area contributed by atoms with Crippen molar-refractivity contribution in [1.82, 2.24) is 0 Å². The van der Waals surface area contributed by atoms with Crippen LogP contribution in [-0.4, -0.2) is 0 Å². The Bertz CT molecular complexity index is 1680. The molecule has 0 aliphatic heterocycles. The molecule has 0 fully saturated rings. The highest BCUT2D eigenvalue weighted by atomic mass is 16.3. The largest absolute Gasteiger partial charge is 0.455 e. The van der Waals surface area contributed by atoms with Gasteiger partial charge in [0, 0.05) is 32.6 Å². The molecule has 34 heavy (non-hydrogen) atoms. The second-order valence-corrected chi connectivity index (χ2v) is 9.21. The van der Waals surface area contributed by atoms with E-state index in [2.05, 4.69) is 28.5 Å². The first-order valence-electron chi connectivity index (χ1n) is 12.6. The Labute approximate surface area is 203 Å². The summed E-state index contributed by atoms with van der Waals surface area (Å²) < 4.78 is 26.0. The monoisotopic (exact) mass is 447 g/mol. The molecule has 0 saturated carbocycles. The molecule has 0 bridgehead atoms. The Balaban J connectivity index is 1.82. The highest BCUT2D eigenvalue weighted by Gasteiger charge is 2.23. The Morgan fingerprint density at radius 3 is 2.47 bits per heavy atom. The van der Waals surface area contributed by atoms with Crippen LogP contribution in [0, 0.1) is 26.3 Å². The van der Waals surface area contributed by atoms with Crippen LogP contribution in [0.25, 0.3) is 49.2 Å². The molecule has 0 radical (unpaired) electrons. The van der Waals surface area contributed by atoms with Crippen LogP contribution in [0.15, 0.2) is 71.1 Å². The van der Waals surface area contributed by atoms with Crippen LogP contribution < -0.4 is 4.57 Å². The number of hydrogen-bond donors (Lipinski definition) is 0. The van der Waals surface area contributed by atoms with Crippen LogP contribution in [0.5, 0.6) is 0 Å². The van der Waals surface area contributed by atoms with E-state index in [4.69, 9.17) is 13.7 Å². The van der Waals surface area contributed by atoms with E-state index in [0.717, 1.165) is 55.6 Å². The Morgan fingerprint density at radius 2 is 1.76 bits per heavy atom. The molecule has 0 saturated heterocycles. The number of hydrogen-bond acceptors (Lipinski definition) is 1. The molecule has 2 aromatic heterocycles. The second-order valence-electron chi connectivity index (χ2n) is 9.21. The van der Waals surface area contributed by atoms with E-state index < -0.39 is 6.37 Å². The van der Waals surface area contributed by atoms with Crippen molar-refractivity contribution in [2.45, 2.75) is 34.1 Å². The topological polar surface area (TPSA) is 21.4 Å². The molecule has 5 rings (SSSR count). The van der Waals surface area contributed by atoms with Crippen molar-refractivity contribution in [3.63, 3.8) is 0 Å². The maximum Gasteiger partial charge on any atom is 0.216 e. The summed E-state index contributed by atoms with van der Waals surface area (Å²) >= 11 is 0. The fraction of sp³-hybridized carbons (Fsp3) is 0.226. The number of pyridine rings is 1. The molecule has 0 N–H and O–H groups in total. The Hall–Kier alpha value is -3.90. The third-order valence-electron chi connectivity index (χ3n) is 6.43. The molecule has 5 aromatic rings. The molecule has 3 nitrogen and oxygen atoms in total. The van der Waals surface area contributed by atoms with Crippen molar-refractivity contribution in [3.05, 3.63) is 95.0 Å². The van der Waals surface area contributed by atoms with Gasteiger partial charge in [0.05, 0.1) is 12.1 Å². The summed E-state index contributed by atoms with van der Waals surface area (Å²) in [5.74, 6) is -0.163. The van der Waals surface area contributed by atoms with E-state index in [0.29, 0.717) is 11.3 Å². The summed E-state index contributed by atoms with van der Waals surface area (Å²) in [5.41, 5.74) is 8.45. The number of furan rings is 1. The summed E-state index contributed by atoms with van der Waals surface area (Å²) in [6, 6.07) is 21.8. The Morgan fingerprint density at radius 1 is 1.00 bits per heavy atom. The first-order chi connectivity index (χ1) is 17.1. The highest BCUT2D eigenvalue weighted by molar-refractivity contribution is 6.12. The molecule has 0 atom stereocenters. The van der Waals surface area contributed by atoms with Crippen LogP contribution in [0.2, 0.25) is 0 Å². The predicted octanol–water partition coefficient (Wildman–Crippen LogP) is 8.11.